The van der Waals surface area contributed by atoms with Gasteiger partial charge in [-0.3, -0.25) is 9.67 Å². The van der Waals surface area contributed by atoms with E-state index in [1.165, 1.54) is 4.68 Å². The summed E-state index contributed by atoms with van der Waals surface area (Å²) in [5.74, 6) is 0.0204. The number of nitrogens with zero attached hydrogens (tertiary/aromatic N) is 3. The van der Waals surface area contributed by atoms with Gasteiger partial charge in [0.25, 0.3) is 10.0 Å². The summed E-state index contributed by atoms with van der Waals surface area (Å²) in [6.07, 6.45) is 2.46. The normalized spacial score (nSPS) is 21.1. The van der Waals surface area contributed by atoms with Crippen LogP contribution < -0.4 is 4.72 Å². The second-order valence-corrected chi connectivity index (χ2v) is 8.85. The smallest absolute Gasteiger partial charge is 0.258 e. The van der Waals surface area contributed by atoms with Crippen molar-refractivity contribution < 1.29 is 13.5 Å². The van der Waals surface area contributed by atoms with E-state index < -0.39 is 16.1 Å². The number of nitrogens with one attached hydrogen (secondary N) is 1. The van der Waals surface area contributed by atoms with Crippen LogP contribution in [0.15, 0.2) is 47.6 Å². The van der Waals surface area contributed by atoms with Gasteiger partial charge in [-0.05, 0) is 49.4 Å². The van der Waals surface area contributed by atoms with Gasteiger partial charge in [0.2, 0.25) is 0 Å². The van der Waals surface area contributed by atoms with Crippen molar-refractivity contribution in [3.05, 3.63) is 53.9 Å². The van der Waals surface area contributed by atoms with Crippen LogP contribution in [-0.4, -0.2) is 34.4 Å². The van der Waals surface area contributed by atoms with Crippen molar-refractivity contribution in [2.45, 2.75) is 36.9 Å². The molecule has 1 aliphatic carbocycles. The Labute approximate surface area is 158 Å². The van der Waals surface area contributed by atoms with E-state index in [2.05, 4.69) is 14.8 Å². The number of hydrogen-bond donors (Lipinski definition) is 2. The SMILES string of the molecule is Cc1cc(S(=O)(=O)N[C@H](c2cnc3ccccc3c2)C2CC(O)C2)n(C)n1. The molecule has 1 fully saturated rings. The number of aliphatic hydroxyl groups is 1. The minimum absolute atomic E-state index is 0.0204. The predicted octanol–water partition coefficient (Wildman–Crippen LogP) is 2.07. The second-order valence-electron chi connectivity index (χ2n) is 7.19. The number of aliphatic hydroxyl groups excluding tert-OH is 1. The molecule has 8 heteroatoms. The Kier molecular flexibility index (Phi) is 4.49. The largest absolute Gasteiger partial charge is 0.393 e. The standard InChI is InChI=1S/C19H22N4O3S/c1-12-7-18(23(2)21-12)27(25,26)22-19(14-9-16(24)10-14)15-8-13-5-3-4-6-17(13)20-11-15/h3-8,11,14,16,19,22,24H,9-10H2,1-2H3/t14?,16?,19-/m0/s1. The topological polar surface area (TPSA) is 97.1 Å². The van der Waals surface area contributed by atoms with Crippen LogP contribution in [0.2, 0.25) is 0 Å². The van der Waals surface area contributed by atoms with E-state index in [-0.39, 0.29) is 17.0 Å². The molecule has 0 bridgehead atoms. The lowest BCUT2D eigenvalue weighted by Gasteiger charge is -2.38. The molecule has 0 amide bonds. The number of aryl methyl sites for hydroxylation is 2. The molecule has 0 spiro atoms. The molecular weight excluding hydrogens is 364 g/mol. The zero-order valence-electron chi connectivity index (χ0n) is 15.2. The lowest BCUT2D eigenvalue weighted by Crippen LogP contribution is -2.41. The molecule has 1 saturated carbocycles. The fourth-order valence-electron chi connectivity index (χ4n) is 3.66. The minimum atomic E-state index is -3.77. The lowest BCUT2D eigenvalue weighted by atomic mass is 9.75. The van der Waals surface area contributed by atoms with Crippen LogP contribution in [0.1, 0.15) is 30.1 Å². The number of benzene rings is 1. The average Bonchev–Trinajstić information content (AvgIpc) is 2.96. The maximum Gasteiger partial charge on any atom is 0.258 e. The van der Waals surface area contributed by atoms with Crippen LogP contribution in [0.25, 0.3) is 10.9 Å². The number of aromatic nitrogens is 3. The van der Waals surface area contributed by atoms with E-state index in [0.717, 1.165) is 16.5 Å². The van der Waals surface area contributed by atoms with E-state index in [4.69, 9.17) is 0 Å². The number of fused-ring (bicyclic) bond motifs is 1. The Morgan fingerprint density at radius 1 is 1.26 bits per heavy atom. The highest BCUT2D eigenvalue weighted by Gasteiger charge is 2.38. The highest BCUT2D eigenvalue weighted by Crippen LogP contribution is 2.39. The molecule has 2 N–H and O–H groups in total. The number of rotatable bonds is 5. The summed E-state index contributed by atoms with van der Waals surface area (Å²) in [6, 6.07) is 10.8. The van der Waals surface area contributed by atoms with Crippen molar-refractivity contribution in [1.29, 1.82) is 0 Å². The fraction of sp³-hybridized carbons (Fsp3) is 0.368. The molecule has 0 saturated heterocycles. The van der Waals surface area contributed by atoms with Gasteiger partial charge < -0.3 is 5.11 Å². The Morgan fingerprint density at radius 3 is 2.67 bits per heavy atom. The molecule has 2 heterocycles. The third-order valence-electron chi connectivity index (χ3n) is 5.11. The molecule has 7 nitrogen and oxygen atoms in total. The Hall–Kier alpha value is -2.29. The summed E-state index contributed by atoms with van der Waals surface area (Å²) in [4.78, 5) is 4.47. The maximum atomic E-state index is 13.0. The van der Waals surface area contributed by atoms with Crippen LogP contribution >= 0.6 is 0 Å². The fourth-order valence-corrected chi connectivity index (χ4v) is 5.16. The average molecular weight is 386 g/mol. The van der Waals surface area contributed by atoms with Crippen molar-refractivity contribution in [3.8, 4) is 0 Å². The van der Waals surface area contributed by atoms with Crippen LogP contribution in [0.5, 0.6) is 0 Å². The summed E-state index contributed by atoms with van der Waals surface area (Å²) in [7, 11) is -2.16. The minimum Gasteiger partial charge on any atom is -0.393 e. The highest BCUT2D eigenvalue weighted by molar-refractivity contribution is 7.89. The monoisotopic (exact) mass is 386 g/mol. The first-order valence-electron chi connectivity index (χ1n) is 8.89. The number of sulfonamides is 1. The van der Waals surface area contributed by atoms with Crippen molar-refractivity contribution in [2.24, 2.45) is 13.0 Å². The first-order valence-corrected chi connectivity index (χ1v) is 10.4. The molecule has 0 radical (unpaired) electrons. The molecule has 1 atom stereocenters. The molecular formula is C19H22N4O3S. The summed E-state index contributed by atoms with van der Waals surface area (Å²) >= 11 is 0. The molecule has 0 aliphatic heterocycles. The quantitative estimate of drug-likeness (QED) is 0.700. The maximum absolute atomic E-state index is 13.0. The van der Waals surface area contributed by atoms with Gasteiger partial charge in [-0.15, -0.1) is 0 Å². The molecule has 142 valence electrons. The molecule has 27 heavy (non-hydrogen) atoms. The van der Waals surface area contributed by atoms with Crippen molar-refractivity contribution in [1.82, 2.24) is 19.5 Å². The van der Waals surface area contributed by atoms with E-state index >= 15 is 0 Å². The second kappa shape index (κ2) is 6.70. The lowest BCUT2D eigenvalue weighted by molar-refractivity contribution is 0.0280. The first kappa shape index (κ1) is 18.1. The van der Waals surface area contributed by atoms with Crippen LogP contribution in [0, 0.1) is 12.8 Å². The number of pyridine rings is 1. The van der Waals surface area contributed by atoms with Crippen LogP contribution in [-0.2, 0) is 17.1 Å². The van der Waals surface area contributed by atoms with Crippen LogP contribution in [0.3, 0.4) is 0 Å². The summed E-state index contributed by atoms with van der Waals surface area (Å²) < 4.78 is 30.2. The third-order valence-corrected chi connectivity index (χ3v) is 6.61. The van der Waals surface area contributed by atoms with Gasteiger partial charge in [-0.25, -0.2) is 13.1 Å². The zero-order valence-corrected chi connectivity index (χ0v) is 16.0. The van der Waals surface area contributed by atoms with Gasteiger partial charge in [0.05, 0.1) is 23.4 Å². The van der Waals surface area contributed by atoms with E-state index in [9.17, 15) is 13.5 Å². The van der Waals surface area contributed by atoms with Gasteiger partial charge in [-0.1, -0.05) is 18.2 Å². The first-order chi connectivity index (χ1) is 12.8. The predicted molar refractivity (Wildman–Crippen MR) is 101 cm³/mol. The molecule has 0 unspecified atom stereocenters. The summed E-state index contributed by atoms with van der Waals surface area (Å²) in [5.41, 5.74) is 2.30. The van der Waals surface area contributed by atoms with E-state index in [1.54, 1.807) is 26.2 Å². The van der Waals surface area contributed by atoms with E-state index in [0.29, 0.717) is 18.5 Å². The molecule has 1 aliphatic rings. The zero-order chi connectivity index (χ0) is 19.2. The summed E-state index contributed by atoms with van der Waals surface area (Å²) in [5, 5.41) is 15.0. The molecule has 4 rings (SSSR count). The molecule has 2 aromatic heterocycles. The van der Waals surface area contributed by atoms with Crippen molar-refractivity contribution >= 4 is 20.9 Å². The highest BCUT2D eigenvalue weighted by atomic mass is 32.2. The van der Waals surface area contributed by atoms with Crippen LogP contribution in [0.4, 0.5) is 0 Å². The van der Waals surface area contributed by atoms with Gasteiger partial charge >= 0.3 is 0 Å². The van der Waals surface area contributed by atoms with Gasteiger partial charge in [-0.2, -0.15) is 5.10 Å². The third kappa shape index (κ3) is 3.47. The molecule has 3 aromatic rings. The van der Waals surface area contributed by atoms with Gasteiger partial charge in [0, 0.05) is 18.6 Å². The van der Waals surface area contributed by atoms with Crippen molar-refractivity contribution in [3.63, 3.8) is 0 Å². The Bertz CT molecular complexity index is 1090. The Balaban J connectivity index is 1.71. The summed E-state index contributed by atoms with van der Waals surface area (Å²) in [6.45, 7) is 1.76. The van der Waals surface area contributed by atoms with Gasteiger partial charge in [0.15, 0.2) is 5.03 Å². The molecule has 1 aromatic carbocycles. The van der Waals surface area contributed by atoms with E-state index in [1.807, 2.05) is 30.3 Å². The van der Waals surface area contributed by atoms with Gasteiger partial charge in [0.1, 0.15) is 0 Å². The number of hydrogen-bond acceptors (Lipinski definition) is 5. The number of para-hydroxylation sites is 1. The van der Waals surface area contributed by atoms with Crippen molar-refractivity contribution in [2.75, 3.05) is 0 Å². The Morgan fingerprint density at radius 2 is 2.00 bits per heavy atom.